The minimum Gasteiger partial charge on any atom is -0.480 e. The molecule has 42 heteroatoms. The summed E-state index contributed by atoms with van der Waals surface area (Å²) in [5.41, 5.74) is 0. The van der Waals surface area contributed by atoms with Crippen LogP contribution in [0.15, 0.2) is 0 Å². The summed E-state index contributed by atoms with van der Waals surface area (Å²) in [5.74, 6) is -13.7. The number of nitrogens with zero attached hydrogens (tertiary/aromatic N) is 8. The highest BCUT2D eigenvalue weighted by atomic mass is 16.4. The predicted octanol–water partition coefficient (Wildman–Crippen LogP) is -10.4. The van der Waals surface area contributed by atoms with E-state index in [0.29, 0.717) is 64.8 Å². The number of hydrogen-bond acceptors (Lipinski definition) is 25. The third kappa shape index (κ3) is 32.4. The first-order valence-corrected chi connectivity index (χ1v) is 35.3. The Hall–Kier alpha value is -8.22. The van der Waals surface area contributed by atoms with Gasteiger partial charge in [0.15, 0.2) is 0 Å². The lowest BCUT2D eigenvalue weighted by molar-refractivity contribution is -0.140. The number of carboxylic acid groups (broad SMARTS) is 3. The van der Waals surface area contributed by atoms with Crippen molar-refractivity contribution >= 4 is 103 Å². The van der Waals surface area contributed by atoms with E-state index >= 15 is 0 Å². The minimum absolute atomic E-state index is 0.00619. The molecule has 0 spiro atoms. The van der Waals surface area contributed by atoms with Crippen LogP contribution in [0.25, 0.3) is 0 Å². The summed E-state index contributed by atoms with van der Waals surface area (Å²) in [5, 5.41) is 93.2. The van der Waals surface area contributed by atoms with Crippen LogP contribution >= 0.6 is 0 Å². The molecule has 0 aliphatic carbocycles. The fraction of sp³-hybridized carbons (Fsp3) is 0.758. The quantitative estimate of drug-likeness (QED) is 0.0201. The second-order valence-electron chi connectivity index (χ2n) is 27.2. The molecule has 4 fully saturated rings. The Morgan fingerprint density at radius 2 is 0.673 bits per heavy atom. The number of rotatable bonds is 39. The fourth-order valence-corrected chi connectivity index (χ4v) is 12.3. The van der Waals surface area contributed by atoms with Gasteiger partial charge in [0.1, 0.15) is 30.2 Å². The molecular formula is C62H108B2N18O22. The van der Waals surface area contributed by atoms with Gasteiger partial charge in [-0.15, -0.1) is 0 Å². The Morgan fingerprint density at radius 3 is 1.02 bits per heavy atom. The molecular weight excluding hydrogens is 1370 g/mol. The van der Waals surface area contributed by atoms with Crippen molar-refractivity contribution in [3.63, 3.8) is 0 Å². The van der Waals surface area contributed by atoms with Crippen LogP contribution in [0.2, 0.25) is 0 Å². The molecule has 7 atom stereocenters. The Labute approximate surface area is 604 Å². The molecule has 12 amide bonds. The lowest BCUT2D eigenvalue weighted by atomic mass is 9.78. The molecule has 584 valence electrons. The van der Waals surface area contributed by atoms with Crippen molar-refractivity contribution in [2.24, 2.45) is 11.8 Å². The summed E-state index contributed by atoms with van der Waals surface area (Å²) in [4.78, 5) is 206. The number of hydrogen-bond donors (Lipinski definition) is 17. The SMILES string of the molecule is CC(C)[C@H](NC(=O)CNC(=O)CNC(=O)CN1CCN(CC(=O)NCCCCC(NC(=O)CN2CCN(CC(=O)O)CCN(CC(=O)O)CCN(CC(=O)O)CC2)C(=O)NCC(=O)NCC(=O)N[C@H](C(=O)N[C@H](C)C(=O)N2CCC[C@H]2B(O)O)C(C)C)CC1)C(=O)N[C@H](C)C(=O)N1CCC[C@H]1B(O)O. The number of likely N-dealkylation sites (tertiary alicyclic amines) is 2. The average molecular weight is 1480 g/mol. The second kappa shape index (κ2) is 45.2. The van der Waals surface area contributed by atoms with Crippen molar-refractivity contribution in [1.82, 2.24) is 92.4 Å². The van der Waals surface area contributed by atoms with Crippen molar-refractivity contribution in [2.45, 2.75) is 129 Å². The van der Waals surface area contributed by atoms with Crippen LogP contribution in [-0.4, -0.2) is 383 Å². The number of nitrogens with one attached hydrogen (secondary N) is 10. The van der Waals surface area contributed by atoms with Gasteiger partial charge in [0.2, 0.25) is 70.9 Å². The van der Waals surface area contributed by atoms with E-state index in [2.05, 4.69) is 53.2 Å². The molecule has 0 radical (unpaired) electrons. The summed E-state index contributed by atoms with van der Waals surface area (Å²) in [6.45, 7) is 8.78. The van der Waals surface area contributed by atoms with Crippen LogP contribution in [0.5, 0.6) is 0 Å². The lowest BCUT2D eigenvalue weighted by Gasteiger charge is -2.33. The third-order valence-electron chi connectivity index (χ3n) is 18.1. The molecule has 4 aliphatic heterocycles. The van der Waals surface area contributed by atoms with E-state index < -0.39 is 190 Å². The van der Waals surface area contributed by atoms with Crippen LogP contribution < -0.4 is 53.2 Å². The van der Waals surface area contributed by atoms with Gasteiger partial charge in [-0.25, -0.2) is 0 Å². The third-order valence-corrected chi connectivity index (χ3v) is 18.1. The predicted molar refractivity (Wildman–Crippen MR) is 371 cm³/mol. The summed E-state index contributed by atoms with van der Waals surface area (Å²) >= 11 is 0. The van der Waals surface area contributed by atoms with Gasteiger partial charge < -0.3 is 98.4 Å². The number of carbonyl (C=O) groups excluding carboxylic acids is 12. The zero-order chi connectivity index (χ0) is 77.3. The first kappa shape index (κ1) is 88.2. The molecule has 0 bridgehead atoms. The normalized spacial score (nSPS) is 19.1. The van der Waals surface area contributed by atoms with Crippen molar-refractivity contribution in [3.8, 4) is 0 Å². The number of unbranched alkanes of at least 4 members (excludes halogenated alkanes) is 1. The van der Waals surface area contributed by atoms with Gasteiger partial charge in [0.25, 0.3) is 0 Å². The van der Waals surface area contributed by atoms with Gasteiger partial charge in [0.05, 0.1) is 77.3 Å². The van der Waals surface area contributed by atoms with Crippen molar-refractivity contribution in [3.05, 3.63) is 0 Å². The van der Waals surface area contributed by atoms with E-state index in [9.17, 15) is 107 Å². The molecule has 0 aromatic carbocycles. The first-order chi connectivity index (χ1) is 49.1. The van der Waals surface area contributed by atoms with Gasteiger partial charge in [-0.3, -0.25) is 101 Å². The lowest BCUT2D eigenvalue weighted by Crippen LogP contribution is -2.57. The number of aliphatic carboxylic acids is 3. The zero-order valence-corrected chi connectivity index (χ0v) is 60.3. The standard InChI is InChI=1S/C62H108B2N18O22/c1-39(2)56(59(97)70-41(5)61(99)81-15-9-12-44(81)63(101)102)73-48(85)31-66-46(83)29-68-51(88)34-76-19-17-75(18-20-76)33-50(87)65-14-8-7-11-43(72-52(89)35-77-21-23-78(36-53(90)91)25-27-80(38-55(94)95)28-26-79(24-22-77)37-54(92)93)58(96)69-30-47(84)67-32-49(86)74-57(40(3)4)60(98)71-42(6)62(100)82-16-10-13-45(82)64(103)104/h39-45,56-57,101-104H,7-38H2,1-6H3,(H,65,87)(H,66,83)(H,67,84)(H,68,88)(H,69,96)(H,70,97)(H,71,98)(H,72,89)(H,73,85)(H,74,86)(H,90,91)(H,92,93)(H,94,95)/t41-,42-,43?,44+,45+,56+,57+/m1/s1. The molecule has 4 saturated heterocycles. The minimum atomic E-state index is -1.77. The molecule has 1 unspecified atom stereocenters. The van der Waals surface area contributed by atoms with Crippen molar-refractivity contribution < 1.29 is 107 Å². The van der Waals surface area contributed by atoms with Crippen molar-refractivity contribution in [2.75, 3.05) is 164 Å². The Bertz CT molecular complexity index is 2900. The van der Waals surface area contributed by atoms with E-state index in [4.69, 9.17) is 0 Å². The fourth-order valence-electron chi connectivity index (χ4n) is 12.3. The van der Waals surface area contributed by atoms with Gasteiger partial charge in [-0.2, -0.15) is 0 Å². The molecule has 4 heterocycles. The summed E-state index contributed by atoms with van der Waals surface area (Å²) < 4.78 is 0. The molecule has 104 heavy (non-hydrogen) atoms. The summed E-state index contributed by atoms with van der Waals surface area (Å²) in [6, 6.07) is -5.66. The van der Waals surface area contributed by atoms with Gasteiger partial charge in [0, 0.05) is 98.2 Å². The molecule has 4 rings (SSSR count). The molecule has 0 aromatic heterocycles. The maximum absolute atomic E-state index is 14.0. The first-order valence-electron chi connectivity index (χ1n) is 35.3. The maximum Gasteiger partial charge on any atom is 0.475 e. The second-order valence-corrected chi connectivity index (χ2v) is 27.2. The van der Waals surface area contributed by atoms with E-state index in [0.717, 1.165) is 0 Å². The Morgan fingerprint density at radius 1 is 0.356 bits per heavy atom. The average Bonchev–Trinajstić information content (AvgIpc) is 1.68. The summed E-state index contributed by atoms with van der Waals surface area (Å²) in [7, 11) is -3.51. The number of carbonyl (C=O) groups is 15. The topological polar surface area (TPSA) is 544 Å². The number of amides is 12. The smallest absolute Gasteiger partial charge is 0.475 e. The van der Waals surface area contributed by atoms with E-state index in [1.54, 1.807) is 47.3 Å². The van der Waals surface area contributed by atoms with Crippen LogP contribution in [-0.2, 0) is 71.9 Å². The largest absolute Gasteiger partial charge is 0.480 e. The highest BCUT2D eigenvalue weighted by Gasteiger charge is 2.41. The highest BCUT2D eigenvalue weighted by molar-refractivity contribution is 6.44. The Kier molecular flexibility index (Phi) is 38.3. The number of piperazine rings is 1. The monoisotopic (exact) mass is 1480 g/mol. The van der Waals surface area contributed by atoms with Crippen LogP contribution in [0.1, 0.15) is 86.5 Å². The highest BCUT2D eigenvalue weighted by Crippen LogP contribution is 2.21. The molecule has 40 nitrogen and oxygen atoms in total. The van der Waals surface area contributed by atoms with Crippen LogP contribution in [0.3, 0.4) is 0 Å². The van der Waals surface area contributed by atoms with Crippen LogP contribution in [0, 0.1) is 11.8 Å². The molecule has 0 saturated carbocycles. The molecule has 4 aliphatic rings. The molecule has 17 N–H and O–H groups in total. The molecule has 0 aromatic rings. The summed E-state index contributed by atoms with van der Waals surface area (Å²) in [6.07, 6.45) is 2.38. The van der Waals surface area contributed by atoms with E-state index in [1.165, 1.54) is 23.6 Å². The van der Waals surface area contributed by atoms with E-state index in [1.807, 2.05) is 9.80 Å². The van der Waals surface area contributed by atoms with Crippen LogP contribution in [0.4, 0.5) is 0 Å². The van der Waals surface area contributed by atoms with Gasteiger partial charge in [-0.1, -0.05) is 27.7 Å². The van der Waals surface area contributed by atoms with Gasteiger partial charge in [-0.05, 0) is 70.6 Å². The van der Waals surface area contributed by atoms with Crippen molar-refractivity contribution in [1.29, 1.82) is 0 Å². The maximum atomic E-state index is 14.0. The zero-order valence-electron chi connectivity index (χ0n) is 60.3. The van der Waals surface area contributed by atoms with Gasteiger partial charge >= 0.3 is 32.1 Å². The van der Waals surface area contributed by atoms with E-state index in [-0.39, 0.29) is 110 Å². The number of carboxylic acids is 3. The Balaban J connectivity index is 1.28.